The number of hydrogen-bond acceptors (Lipinski definition) is 4. The lowest BCUT2D eigenvalue weighted by Crippen LogP contribution is -2.53. The molecule has 0 radical (unpaired) electrons. The van der Waals surface area contributed by atoms with Gasteiger partial charge in [-0.3, -0.25) is 13.9 Å². The van der Waals surface area contributed by atoms with E-state index in [1.54, 1.807) is 25.1 Å². The van der Waals surface area contributed by atoms with Gasteiger partial charge in [0, 0.05) is 24.5 Å². The van der Waals surface area contributed by atoms with Crippen molar-refractivity contribution in [3.8, 4) is 0 Å². The molecule has 0 fully saturated rings. The fourth-order valence-corrected chi connectivity index (χ4v) is 6.42. The smallest absolute Gasteiger partial charge is 0.264 e. The van der Waals surface area contributed by atoms with Gasteiger partial charge < -0.3 is 10.2 Å². The average molecular weight is 625 g/mol. The summed E-state index contributed by atoms with van der Waals surface area (Å²) in [6.45, 7) is 1.63. The van der Waals surface area contributed by atoms with Crippen LogP contribution in [0.5, 0.6) is 0 Å². The Hall–Kier alpha value is -3.85. The molecule has 4 aromatic rings. The van der Waals surface area contributed by atoms with Gasteiger partial charge in [-0.1, -0.05) is 102 Å². The van der Waals surface area contributed by atoms with Crippen LogP contribution in [-0.2, 0) is 32.6 Å². The summed E-state index contributed by atoms with van der Waals surface area (Å²) in [5.74, 6) is -0.925. The van der Waals surface area contributed by atoms with Gasteiger partial charge in [0.2, 0.25) is 11.8 Å². The maximum atomic E-state index is 14.3. The summed E-state index contributed by atoms with van der Waals surface area (Å²) in [6.07, 6.45) is 0.231. The van der Waals surface area contributed by atoms with Crippen LogP contribution in [0, 0.1) is 0 Å². The number of hydrogen-bond donors (Lipinski definition) is 1. The Balaban J connectivity index is 1.81. The zero-order valence-electron chi connectivity index (χ0n) is 23.0. The van der Waals surface area contributed by atoms with Crippen molar-refractivity contribution in [1.82, 2.24) is 10.2 Å². The van der Waals surface area contributed by atoms with Crippen LogP contribution in [0.1, 0.15) is 18.1 Å². The zero-order valence-corrected chi connectivity index (χ0v) is 25.3. The van der Waals surface area contributed by atoms with Crippen LogP contribution in [0.15, 0.2) is 114 Å². The van der Waals surface area contributed by atoms with E-state index in [0.717, 1.165) is 15.4 Å². The highest BCUT2D eigenvalue weighted by molar-refractivity contribution is 7.92. The number of carbonyl (C=O) groups excluding carboxylic acids is 2. The number of anilines is 1. The number of rotatable bonds is 12. The Morgan fingerprint density at radius 3 is 1.98 bits per heavy atom. The third-order valence-corrected chi connectivity index (χ3v) is 8.93. The highest BCUT2D eigenvalue weighted by atomic mass is 35.5. The van der Waals surface area contributed by atoms with Crippen molar-refractivity contribution < 1.29 is 18.0 Å². The molecule has 0 aliphatic carbocycles. The fourth-order valence-electron chi connectivity index (χ4n) is 4.54. The van der Waals surface area contributed by atoms with Crippen molar-refractivity contribution in [2.24, 2.45) is 0 Å². The van der Waals surface area contributed by atoms with Gasteiger partial charge in [-0.25, -0.2) is 8.42 Å². The van der Waals surface area contributed by atoms with Crippen molar-refractivity contribution >= 4 is 50.7 Å². The summed E-state index contributed by atoms with van der Waals surface area (Å²) in [4.78, 5) is 29.2. The quantitative estimate of drug-likeness (QED) is 0.211. The number of nitrogens with zero attached hydrogens (tertiary/aromatic N) is 2. The largest absolute Gasteiger partial charge is 0.355 e. The van der Waals surface area contributed by atoms with E-state index < -0.39 is 28.5 Å². The Bertz CT molecular complexity index is 1610. The van der Waals surface area contributed by atoms with Gasteiger partial charge in [-0.05, 0) is 48.4 Å². The fraction of sp³-hybridized carbons (Fsp3) is 0.188. The summed E-state index contributed by atoms with van der Waals surface area (Å²) in [6, 6.07) is 29.9. The molecule has 0 aliphatic heterocycles. The normalized spacial score (nSPS) is 11.9. The van der Waals surface area contributed by atoms with Crippen molar-refractivity contribution in [2.45, 2.75) is 30.8 Å². The number of sulfonamides is 1. The highest BCUT2D eigenvalue weighted by Crippen LogP contribution is 2.33. The summed E-state index contributed by atoms with van der Waals surface area (Å²) in [7, 11) is -4.27. The van der Waals surface area contributed by atoms with Crippen LogP contribution in [-0.4, -0.2) is 44.3 Å². The third-order valence-electron chi connectivity index (χ3n) is 6.60. The molecular weight excluding hydrogens is 593 g/mol. The van der Waals surface area contributed by atoms with Crippen LogP contribution in [0.4, 0.5) is 5.69 Å². The van der Waals surface area contributed by atoms with Crippen molar-refractivity contribution in [2.75, 3.05) is 17.4 Å². The molecule has 0 spiro atoms. The SMILES string of the molecule is CCNC(=O)[C@@H](Cc1ccccc1)N(Cc1ccccc1)C(=O)CN(c1cc(Cl)ccc1Cl)S(=O)(=O)c1ccccc1. The van der Waals surface area contributed by atoms with Gasteiger partial charge in [-0.15, -0.1) is 0 Å². The van der Waals surface area contributed by atoms with Gasteiger partial charge in [0.1, 0.15) is 12.6 Å². The molecule has 7 nitrogen and oxygen atoms in total. The summed E-state index contributed by atoms with van der Waals surface area (Å²) in [5, 5.41) is 3.19. The summed E-state index contributed by atoms with van der Waals surface area (Å²) >= 11 is 12.7. The van der Waals surface area contributed by atoms with Crippen molar-refractivity contribution in [1.29, 1.82) is 0 Å². The zero-order chi connectivity index (χ0) is 30.1. The van der Waals surface area contributed by atoms with E-state index in [-0.39, 0.29) is 39.5 Å². The lowest BCUT2D eigenvalue weighted by molar-refractivity contribution is -0.140. The second-order valence-electron chi connectivity index (χ2n) is 9.53. The molecule has 0 aromatic heterocycles. The lowest BCUT2D eigenvalue weighted by Gasteiger charge is -2.34. The predicted molar refractivity (Wildman–Crippen MR) is 167 cm³/mol. The van der Waals surface area contributed by atoms with Gasteiger partial charge >= 0.3 is 0 Å². The van der Waals surface area contributed by atoms with Gasteiger partial charge in [0.25, 0.3) is 10.0 Å². The molecule has 218 valence electrons. The first-order valence-corrected chi connectivity index (χ1v) is 15.6. The molecule has 0 aliphatic rings. The van der Waals surface area contributed by atoms with Crippen LogP contribution in [0.2, 0.25) is 10.0 Å². The number of benzene rings is 4. The van der Waals surface area contributed by atoms with Crippen LogP contribution >= 0.6 is 23.2 Å². The third kappa shape index (κ3) is 7.70. The Morgan fingerprint density at radius 2 is 1.38 bits per heavy atom. The predicted octanol–water partition coefficient (Wildman–Crippen LogP) is 5.96. The van der Waals surface area contributed by atoms with Crippen molar-refractivity contribution in [3.05, 3.63) is 130 Å². The second-order valence-corrected chi connectivity index (χ2v) is 12.2. The highest BCUT2D eigenvalue weighted by Gasteiger charge is 2.35. The minimum atomic E-state index is -4.27. The van der Waals surface area contributed by atoms with Crippen molar-refractivity contribution in [3.63, 3.8) is 0 Å². The topological polar surface area (TPSA) is 86.8 Å². The van der Waals surface area contributed by atoms with Crippen LogP contribution in [0.25, 0.3) is 0 Å². The van der Waals surface area contributed by atoms with Gasteiger partial charge in [-0.2, -0.15) is 0 Å². The molecule has 0 bridgehead atoms. The molecule has 2 amide bonds. The summed E-state index contributed by atoms with van der Waals surface area (Å²) in [5.41, 5.74) is 1.69. The molecule has 0 saturated heterocycles. The first-order chi connectivity index (χ1) is 20.2. The number of halogens is 2. The number of carbonyl (C=O) groups is 2. The Labute approximate surface area is 256 Å². The van der Waals surface area contributed by atoms with E-state index >= 15 is 0 Å². The van der Waals surface area contributed by atoms with E-state index in [0.29, 0.717) is 6.54 Å². The monoisotopic (exact) mass is 623 g/mol. The standard InChI is InChI=1S/C32H31Cl2N3O4S/c1-2-35-32(39)30(20-24-12-6-3-7-13-24)36(22-25-14-8-4-9-15-25)31(38)23-37(29-21-26(33)18-19-28(29)34)42(40,41)27-16-10-5-11-17-27/h3-19,21,30H,2,20,22-23H2,1H3,(H,35,39)/t30-/m1/s1. The first kappa shape index (κ1) is 31.1. The number of likely N-dealkylation sites (N-methyl/N-ethyl adjacent to an activating group) is 1. The number of nitrogens with one attached hydrogen (secondary N) is 1. The molecule has 1 atom stereocenters. The van der Waals surface area contributed by atoms with E-state index in [2.05, 4.69) is 5.32 Å². The van der Waals surface area contributed by atoms with E-state index in [4.69, 9.17) is 23.2 Å². The first-order valence-electron chi connectivity index (χ1n) is 13.4. The van der Waals surface area contributed by atoms with Gasteiger partial charge in [0.15, 0.2) is 0 Å². The molecule has 10 heteroatoms. The van der Waals surface area contributed by atoms with E-state index in [1.807, 2.05) is 60.7 Å². The van der Waals surface area contributed by atoms with Crippen LogP contribution < -0.4 is 9.62 Å². The van der Waals surface area contributed by atoms with Crippen LogP contribution in [0.3, 0.4) is 0 Å². The van der Waals surface area contributed by atoms with E-state index in [1.165, 1.54) is 35.2 Å². The van der Waals surface area contributed by atoms with Gasteiger partial charge in [0.05, 0.1) is 15.6 Å². The molecule has 0 saturated carbocycles. The molecule has 1 N–H and O–H groups in total. The Kier molecular flexibility index (Phi) is 10.6. The summed E-state index contributed by atoms with van der Waals surface area (Å²) < 4.78 is 28.9. The maximum Gasteiger partial charge on any atom is 0.264 e. The molecule has 4 rings (SSSR count). The lowest BCUT2D eigenvalue weighted by atomic mass is 10.0. The average Bonchev–Trinajstić information content (AvgIpc) is 3.00. The Morgan fingerprint density at radius 1 is 0.810 bits per heavy atom. The van der Waals surface area contributed by atoms with E-state index in [9.17, 15) is 18.0 Å². The molecule has 0 unspecified atom stereocenters. The minimum absolute atomic E-state index is 0.0204. The number of amides is 2. The molecule has 42 heavy (non-hydrogen) atoms. The molecule has 4 aromatic carbocycles. The second kappa shape index (κ2) is 14.4. The molecular formula is C32H31Cl2N3O4S. The molecule has 0 heterocycles. The maximum absolute atomic E-state index is 14.3. The minimum Gasteiger partial charge on any atom is -0.355 e.